The SMILES string of the molecule is Cc1cc(C(F)(F)P)ncc1C=O. The first-order valence-corrected chi connectivity index (χ1v) is 4.12. The number of aryl methyl sites for hydroxylation is 1. The molecule has 0 radical (unpaired) electrons. The predicted octanol–water partition coefficient (Wildman–Crippen LogP) is 2.13. The summed E-state index contributed by atoms with van der Waals surface area (Å²) in [4.78, 5) is 13.8. The summed E-state index contributed by atoms with van der Waals surface area (Å²) in [6, 6.07) is 1.21. The molecule has 1 aromatic rings. The summed E-state index contributed by atoms with van der Waals surface area (Å²) >= 11 is 0. The fraction of sp³-hybridized carbons (Fsp3) is 0.250. The third-order valence-electron chi connectivity index (χ3n) is 1.62. The number of rotatable bonds is 2. The smallest absolute Gasteiger partial charge is 0.298 e. The Morgan fingerprint density at radius 2 is 2.23 bits per heavy atom. The van der Waals surface area contributed by atoms with E-state index in [0.717, 1.165) is 6.20 Å². The lowest BCUT2D eigenvalue weighted by atomic mass is 10.1. The zero-order chi connectivity index (χ0) is 10.1. The molecule has 0 N–H and O–H groups in total. The molecule has 0 spiro atoms. The van der Waals surface area contributed by atoms with E-state index in [9.17, 15) is 13.6 Å². The molecule has 0 amide bonds. The van der Waals surface area contributed by atoms with Gasteiger partial charge in [-0.15, -0.1) is 0 Å². The standard InChI is InChI=1S/C8H8F2NOP/c1-5-2-7(8(9,10)13)11-3-6(5)4-12/h2-4H,13H2,1H3. The van der Waals surface area contributed by atoms with E-state index >= 15 is 0 Å². The minimum absolute atomic E-state index is 0.331. The summed E-state index contributed by atoms with van der Waals surface area (Å²) in [6.07, 6.45) is 1.74. The number of nitrogens with zero attached hydrogens (tertiary/aromatic N) is 1. The molecule has 13 heavy (non-hydrogen) atoms. The Balaban J connectivity index is 3.17. The second-order valence-electron chi connectivity index (χ2n) is 2.67. The van der Waals surface area contributed by atoms with Crippen molar-refractivity contribution in [2.45, 2.75) is 12.6 Å². The van der Waals surface area contributed by atoms with Crippen molar-refractivity contribution in [3.05, 3.63) is 29.1 Å². The Labute approximate surface area is 76.6 Å². The van der Waals surface area contributed by atoms with E-state index in [2.05, 4.69) is 4.98 Å². The Kier molecular flexibility index (Phi) is 2.71. The van der Waals surface area contributed by atoms with Gasteiger partial charge < -0.3 is 0 Å². The lowest BCUT2D eigenvalue weighted by Gasteiger charge is -2.10. The van der Waals surface area contributed by atoms with Crippen LogP contribution in [-0.4, -0.2) is 11.3 Å². The number of alkyl halides is 2. The highest BCUT2D eigenvalue weighted by Crippen LogP contribution is 2.33. The van der Waals surface area contributed by atoms with Crippen LogP contribution in [0.5, 0.6) is 0 Å². The van der Waals surface area contributed by atoms with Crippen LogP contribution in [0.2, 0.25) is 0 Å². The van der Waals surface area contributed by atoms with Gasteiger partial charge in [0.15, 0.2) is 6.29 Å². The van der Waals surface area contributed by atoms with Crippen LogP contribution in [0.15, 0.2) is 12.3 Å². The van der Waals surface area contributed by atoms with Crippen molar-refractivity contribution >= 4 is 15.5 Å². The summed E-state index contributed by atoms with van der Waals surface area (Å²) in [5, 5.41) is 0. The van der Waals surface area contributed by atoms with Crippen molar-refractivity contribution in [3.8, 4) is 0 Å². The van der Waals surface area contributed by atoms with Crippen molar-refractivity contribution in [2.24, 2.45) is 0 Å². The van der Waals surface area contributed by atoms with Crippen LogP contribution in [0.4, 0.5) is 8.78 Å². The molecule has 1 unspecified atom stereocenters. The van der Waals surface area contributed by atoms with Gasteiger partial charge in [-0.05, 0) is 18.6 Å². The Morgan fingerprint density at radius 1 is 1.62 bits per heavy atom. The maximum atomic E-state index is 12.7. The van der Waals surface area contributed by atoms with E-state index in [0.29, 0.717) is 17.4 Å². The molecule has 1 aromatic heterocycles. The van der Waals surface area contributed by atoms with Crippen LogP contribution < -0.4 is 0 Å². The topological polar surface area (TPSA) is 30.0 Å². The molecule has 1 rings (SSSR count). The minimum Gasteiger partial charge on any atom is -0.298 e. The highest BCUT2D eigenvalue weighted by molar-refractivity contribution is 7.17. The van der Waals surface area contributed by atoms with Crippen molar-refractivity contribution in [3.63, 3.8) is 0 Å². The first kappa shape index (κ1) is 10.2. The number of halogens is 2. The number of carbonyl (C=O) groups excluding carboxylic acids is 1. The fourth-order valence-electron chi connectivity index (χ4n) is 0.872. The molecule has 2 nitrogen and oxygen atoms in total. The highest BCUT2D eigenvalue weighted by Gasteiger charge is 2.26. The molecular formula is C8H8F2NOP. The molecule has 0 aliphatic heterocycles. The van der Waals surface area contributed by atoms with Crippen molar-refractivity contribution in [1.82, 2.24) is 4.98 Å². The Morgan fingerprint density at radius 3 is 2.62 bits per heavy atom. The van der Waals surface area contributed by atoms with Gasteiger partial charge in [0.2, 0.25) is 0 Å². The molecule has 5 heteroatoms. The van der Waals surface area contributed by atoms with E-state index in [1.165, 1.54) is 15.3 Å². The minimum atomic E-state index is -3.04. The quantitative estimate of drug-likeness (QED) is 0.544. The number of aromatic nitrogens is 1. The molecule has 0 aromatic carbocycles. The fourth-order valence-corrected chi connectivity index (χ4v) is 1.03. The highest BCUT2D eigenvalue weighted by atomic mass is 31.0. The van der Waals surface area contributed by atoms with Gasteiger partial charge >= 0.3 is 0 Å². The predicted molar refractivity (Wildman–Crippen MR) is 48.0 cm³/mol. The van der Waals surface area contributed by atoms with Gasteiger partial charge in [-0.25, -0.2) is 0 Å². The number of hydrogen-bond donors (Lipinski definition) is 0. The average Bonchev–Trinajstić information content (AvgIpc) is 2.02. The van der Waals surface area contributed by atoms with Crippen molar-refractivity contribution in [1.29, 1.82) is 0 Å². The van der Waals surface area contributed by atoms with Crippen LogP contribution >= 0.6 is 9.24 Å². The number of hydrogen-bond acceptors (Lipinski definition) is 2. The number of aldehydes is 1. The van der Waals surface area contributed by atoms with Crippen molar-refractivity contribution < 1.29 is 13.6 Å². The van der Waals surface area contributed by atoms with Crippen molar-refractivity contribution in [2.75, 3.05) is 0 Å². The van der Waals surface area contributed by atoms with Crippen LogP contribution in [-0.2, 0) is 5.66 Å². The van der Waals surface area contributed by atoms with Crippen LogP contribution in [0.3, 0.4) is 0 Å². The summed E-state index contributed by atoms with van der Waals surface area (Å²) in [5.74, 6) is 0. The molecule has 70 valence electrons. The van der Waals surface area contributed by atoms with E-state index in [-0.39, 0.29) is 5.69 Å². The Hall–Kier alpha value is -0.890. The number of pyridine rings is 1. The molecular weight excluding hydrogens is 195 g/mol. The van der Waals surface area contributed by atoms with Gasteiger partial charge in [0, 0.05) is 11.8 Å². The van der Waals surface area contributed by atoms with Gasteiger partial charge in [-0.2, -0.15) is 8.78 Å². The van der Waals surface area contributed by atoms with Crippen LogP contribution in [0, 0.1) is 6.92 Å². The zero-order valence-electron chi connectivity index (χ0n) is 6.92. The maximum Gasteiger partial charge on any atom is 0.300 e. The molecule has 1 heterocycles. The molecule has 0 fully saturated rings. The van der Waals surface area contributed by atoms with Gasteiger partial charge in [0.05, 0.1) is 0 Å². The van der Waals surface area contributed by atoms with E-state index < -0.39 is 5.66 Å². The summed E-state index contributed by atoms with van der Waals surface area (Å²) in [5.41, 5.74) is -2.55. The molecule has 0 aliphatic rings. The first-order valence-electron chi connectivity index (χ1n) is 3.54. The first-order chi connectivity index (χ1) is 5.95. The molecule has 1 atom stereocenters. The summed E-state index contributed by atoms with van der Waals surface area (Å²) < 4.78 is 25.4. The van der Waals surface area contributed by atoms with E-state index in [1.54, 1.807) is 6.92 Å². The zero-order valence-corrected chi connectivity index (χ0v) is 8.08. The maximum absolute atomic E-state index is 12.7. The van der Waals surface area contributed by atoms with Crippen LogP contribution in [0.1, 0.15) is 21.6 Å². The Bertz CT molecular complexity index is 335. The molecule has 0 bridgehead atoms. The monoisotopic (exact) mass is 203 g/mol. The van der Waals surface area contributed by atoms with Crippen LogP contribution in [0.25, 0.3) is 0 Å². The van der Waals surface area contributed by atoms with Gasteiger partial charge in [0.1, 0.15) is 5.69 Å². The lowest BCUT2D eigenvalue weighted by molar-refractivity contribution is 0.0982. The summed E-state index contributed by atoms with van der Waals surface area (Å²) in [6.45, 7) is 1.59. The third kappa shape index (κ3) is 2.28. The second kappa shape index (κ2) is 3.46. The molecule has 0 saturated heterocycles. The molecule has 0 saturated carbocycles. The largest absolute Gasteiger partial charge is 0.300 e. The second-order valence-corrected chi connectivity index (χ2v) is 3.39. The molecule has 0 aliphatic carbocycles. The van der Waals surface area contributed by atoms with Gasteiger partial charge in [-0.3, -0.25) is 9.78 Å². The average molecular weight is 203 g/mol. The third-order valence-corrected chi connectivity index (χ3v) is 1.92. The summed E-state index contributed by atoms with van der Waals surface area (Å²) in [7, 11) is 1.40. The van der Waals surface area contributed by atoms with Gasteiger partial charge in [-0.1, -0.05) is 9.24 Å². The normalized spacial score (nSPS) is 11.4. The van der Waals surface area contributed by atoms with E-state index in [4.69, 9.17) is 0 Å². The van der Waals surface area contributed by atoms with E-state index in [1.807, 2.05) is 0 Å². The number of carbonyl (C=O) groups is 1. The van der Waals surface area contributed by atoms with Gasteiger partial charge in [0.25, 0.3) is 5.66 Å². The lowest BCUT2D eigenvalue weighted by Crippen LogP contribution is -2.06.